The van der Waals surface area contributed by atoms with Crippen LogP contribution < -0.4 is 0 Å². The standard InChI is InChI=1S/C31H31FN4O3/c1-34(2)30(22-6-5-7-23(32)20-22)15-17-31(18-16-30)28-26(25-8-3-4-9-27(25)33-28)14-19-35(31)29(37)21-10-12-24(13-11-21)36(38)39/h3-13,20,33H,14-19H2,1-2H3. The lowest BCUT2D eigenvalue weighted by atomic mass is 9.65. The molecular formula is C31H31FN4O3. The number of hydrogen-bond donors (Lipinski definition) is 1. The fourth-order valence-electron chi connectivity index (χ4n) is 6.98. The van der Waals surface area contributed by atoms with Crippen molar-refractivity contribution in [3.8, 4) is 0 Å². The number of benzene rings is 3. The molecule has 0 radical (unpaired) electrons. The van der Waals surface area contributed by atoms with E-state index in [0.29, 0.717) is 24.9 Å². The van der Waals surface area contributed by atoms with Crippen LogP contribution in [0.4, 0.5) is 10.1 Å². The number of nitrogens with one attached hydrogen (secondary N) is 1. The van der Waals surface area contributed by atoms with Crippen LogP contribution in [0.5, 0.6) is 0 Å². The number of aromatic nitrogens is 1. The highest BCUT2D eigenvalue weighted by Crippen LogP contribution is 2.54. The Hall–Kier alpha value is -4.04. The summed E-state index contributed by atoms with van der Waals surface area (Å²) in [7, 11) is 4.08. The second-order valence-electron chi connectivity index (χ2n) is 11.0. The minimum Gasteiger partial charge on any atom is -0.356 e. The van der Waals surface area contributed by atoms with E-state index in [2.05, 4.69) is 22.0 Å². The zero-order valence-electron chi connectivity index (χ0n) is 22.1. The summed E-state index contributed by atoms with van der Waals surface area (Å²) < 4.78 is 14.3. The second-order valence-corrected chi connectivity index (χ2v) is 11.0. The van der Waals surface area contributed by atoms with Crippen molar-refractivity contribution in [1.29, 1.82) is 0 Å². The Labute approximate surface area is 226 Å². The molecular weight excluding hydrogens is 495 g/mol. The van der Waals surface area contributed by atoms with E-state index in [0.717, 1.165) is 36.0 Å². The summed E-state index contributed by atoms with van der Waals surface area (Å²) >= 11 is 0. The van der Waals surface area contributed by atoms with Crippen molar-refractivity contribution in [2.24, 2.45) is 0 Å². The van der Waals surface area contributed by atoms with E-state index in [1.165, 1.54) is 29.1 Å². The number of amides is 1. The number of H-pyrrole nitrogens is 1. The number of nitrogens with zero attached hydrogens (tertiary/aromatic N) is 3. The lowest BCUT2D eigenvalue weighted by Crippen LogP contribution is -2.58. The number of hydrogen-bond acceptors (Lipinski definition) is 4. The first kappa shape index (κ1) is 25.2. The lowest BCUT2D eigenvalue weighted by Gasteiger charge is -2.55. The van der Waals surface area contributed by atoms with Crippen molar-refractivity contribution in [2.75, 3.05) is 20.6 Å². The van der Waals surface area contributed by atoms with Gasteiger partial charge in [-0.1, -0.05) is 30.3 Å². The van der Waals surface area contributed by atoms with Crippen molar-refractivity contribution in [1.82, 2.24) is 14.8 Å². The Kier molecular flexibility index (Phi) is 6.03. The molecule has 0 bridgehead atoms. The van der Waals surface area contributed by atoms with E-state index in [9.17, 15) is 19.3 Å². The molecule has 8 heteroatoms. The third-order valence-electron chi connectivity index (χ3n) is 9.07. The van der Waals surface area contributed by atoms with Gasteiger partial charge in [0.25, 0.3) is 11.6 Å². The number of fused-ring (bicyclic) bond motifs is 4. The first-order chi connectivity index (χ1) is 18.7. The van der Waals surface area contributed by atoms with Crippen LogP contribution in [0.3, 0.4) is 0 Å². The van der Waals surface area contributed by atoms with Crippen molar-refractivity contribution >= 4 is 22.5 Å². The fraction of sp³-hybridized carbons (Fsp3) is 0.323. The number of carbonyl (C=O) groups excluding carboxylic acids is 1. The van der Waals surface area contributed by atoms with Gasteiger partial charge in [-0.05, 0) is 87.7 Å². The minimum absolute atomic E-state index is 0.0404. The Morgan fingerprint density at radius 1 is 1.00 bits per heavy atom. The van der Waals surface area contributed by atoms with Crippen LogP contribution in [0, 0.1) is 15.9 Å². The lowest BCUT2D eigenvalue weighted by molar-refractivity contribution is -0.384. The molecule has 7 nitrogen and oxygen atoms in total. The van der Waals surface area contributed by atoms with Gasteiger partial charge in [-0.25, -0.2) is 4.39 Å². The Balaban J connectivity index is 1.44. The van der Waals surface area contributed by atoms with E-state index >= 15 is 0 Å². The van der Waals surface area contributed by atoms with Crippen molar-refractivity contribution in [3.63, 3.8) is 0 Å². The van der Waals surface area contributed by atoms with Crippen LogP contribution in [0.1, 0.15) is 52.9 Å². The molecule has 0 saturated heterocycles. The molecule has 1 fully saturated rings. The number of carbonyl (C=O) groups is 1. The van der Waals surface area contributed by atoms with Gasteiger partial charge in [-0.3, -0.25) is 19.8 Å². The Morgan fingerprint density at radius 2 is 1.72 bits per heavy atom. The molecule has 1 saturated carbocycles. The molecule has 3 aromatic carbocycles. The summed E-state index contributed by atoms with van der Waals surface area (Å²) in [5, 5.41) is 12.4. The Bertz CT molecular complexity index is 1570. The smallest absolute Gasteiger partial charge is 0.269 e. The second kappa shape index (κ2) is 9.31. The molecule has 2 heterocycles. The van der Waals surface area contributed by atoms with Crippen molar-refractivity contribution in [3.05, 3.63) is 111 Å². The highest BCUT2D eigenvalue weighted by Gasteiger charge is 2.53. The van der Waals surface area contributed by atoms with Crippen LogP contribution in [0.25, 0.3) is 10.9 Å². The third kappa shape index (κ3) is 3.93. The zero-order valence-corrected chi connectivity index (χ0v) is 22.1. The average molecular weight is 527 g/mol. The highest BCUT2D eigenvalue weighted by molar-refractivity contribution is 5.96. The van der Waals surface area contributed by atoms with Crippen LogP contribution in [-0.2, 0) is 17.5 Å². The van der Waals surface area contributed by atoms with Gasteiger partial charge in [0.1, 0.15) is 5.82 Å². The number of halogens is 1. The van der Waals surface area contributed by atoms with E-state index in [1.54, 1.807) is 24.3 Å². The van der Waals surface area contributed by atoms with Crippen LogP contribution >= 0.6 is 0 Å². The average Bonchev–Trinajstić information content (AvgIpc) is 3.33. The Morgan fingerprint density at radius 3 is 2.38 bits per heavy atom. The molecule has 1 aliphatic carbocycles. The van der Waals surface area contributed by atoms with Crippen LogP contribution in [0.15, 0.2) is 72.8 Å². The molecule has 200 valence electrons. The molecule has 39 heavy (non-hydrogen) atoms. The molecule has 1 N–H and O–H groups in total. The van der Waals surface area contributed by atoms with Gasteiger partial charge in [0.15, 0.2) is 0 Å². The number of nitro benzene ring substituents is 1. The van der Waals surface area contributed by atoms with Gasteiger partial charge in [0.2, 0.25) is 0 Å². The van der Waals surface area contributed by atoms with E-state index < -0.39 is 10.5 Å². The first-order valence-corrected chi connectivity index (χ1v) is 13.4. The van der Waals surface area contributed by atoms with E-state index in [-0.39, 0.29) is 23.0 Å². The molecule has 1 spiro atoms. The number of para-hydroxylation sites is 1. The maximum Gasteiger partial charge on any atom is 0.269 e. The molecule has 0 unspecified atom stereocenters. The van der Waals surface area contributed by atoms with E-state index in [1.807, 2.05) is 37.2 Å². The highest BCUT2D eigenvalue weighted by atomic mass is 19.1. The summed E-state index contributed by atoms with van der Waals surface area (Å²) in [4.78, 5) is 32.7. The summed E-state index contributed by atoms with van der Waals surface area (Å²) in [5.74, 6) is -0.378. The van der Waals surface area contributed by atoms with Gasteiger partial charge in [-0.2, -0.15) is 0 Å². The fourth-order valence-corrected chi connectivity index (χ4v) is 6.98. The maximum absolute atomic E-state index is 14.3. The molecule has 1 aromatic heterocycles. The summed E-state index contributed by atoms with van der Waals surface area (Å²) in [6, 6.07) is 21.0. The predicted octanol–water partition coefficient (Wildman–Crippen LogP) is 6.14. The molecule has 0 atom stereocenters. The molecule has 1 aliphatic heterocycles. The molecule has 6 rings (SSSR count). The number of aromatic amines is 1. The summed E-state index contributed by atoms with van der Waals surface area (Å²) in [6.45, 7) is 0.555. The number of rotatable bonds is 4. The SMILES string of the molecule is CN(C)C1(c2cccc(F)c2)CCC2(CC1)c1[nH]c3ccccc3c1CCN2C(=O)c1ccc([N+](=O)[O-])cc1. The monoisotopic (exact) mass is 526 g/mol. The van der Waals surface area contributed by atoms with Crippen LogP contribution in [-0.4, -0.2) is 46.3 Å². The normalized spacial score (nSPS) is 22.8. The zero-order chi connectivity index (χ0) is 27.4. The topological polar surface area (TPSA) is 82.5 Å². The quantitative estimate of drug-likeness (QED) is 0.256. The van der Waals surface area contributed by atoms with Gasteiger partial charge < -0.3 is 9.88 Å². The molecule has 1 amide bonds. The number of nitro groups is 1. The minimum atomic E-state index is -0.571. The maximum atomic E-state index is 14.3. The molecule has 2 aliphatic rings. The van der Waals surface area contributed by atoms with Gasteiger partial charge in [0, 0.05) is 46.4 Å². The summed E-state index contributed by atoms with van der Waals surface area (Å²) in [6.07, 6.45) is 3.59. The number of non-ortho nitro benzene ring substituents is 1. The first-order valence-electron chi connectivity index (χ1n) is 13.4. The van der Waals surface area contributed by atoms with Gasteiger partial charge >= 0.3 is 0 Å². The predicted molar refractivity (Wildman–Crippen MR) is 148 cm³/mol. The van der Waals surface area contributed by atoms with Crippen LogP contribution in [0.2, 0.25) is 0 Å². The molecule has 4 aromatic rings. The largest absolute Gasteiger partial charge is 0.356 e. The van der Waals surface area contributed by atoms with Crippen molar-refractivity contribution < 1.29 is 14.1 Å². The van der Waals surface area contributed by atoms with Crippen molar-refractivity contribution in [2.45, 2.75) is 43.2 Å². The van der Waals surface area contributed by atoms with Gasteiger partial charge in [0.05, 0.1) is 10.5 Å². The van der Waals surface area contributed by atoms with Gasteiger partial charge in [-0.15, -0.1) is 0 Å². The van der Waals surface area contributed by atoms with E-state index in [4.69, 9.17) is 0 Å². The summed E-state index contributed by atoms with van der Waals surface area (Å²) in [5.41, 5.74) is 3.80. The third-order valence-corrected chi connectivity index (χ3v) is 9.07.